The van der Waals surface area contributed by atoms with Gasteiger partial charge in [0.05, 0.1) is 19.5 Å². The molecule has 140 valence electrons. The number of ether oxygens (including phenoxy) is 2. The fourth-order valence-electron chi connectivity index (χ4n) is 2.90. The van der Waals surface area contributed by atoms with Gasteiger partial charge in [0.25, 0.3) is 0 Å². The zero-order valence-corrected chi connectivity index (χ0v) is 15.1. The van der Waals surface area contributed by atoms with Crippen molar-refractivity contribution in [2.75, 3.05) is 7.11 Å². The van der Waals surface area contributed by atoms with Crippen LogP contribution in [0.3, 0.4) is 0 Å². The lowest BCUT2D eigenvalue weighted by Gasteiger charge is -2.29. The van der Waals surface area contributed by atoms with Gasteiger partial charge in [0.15, 0.2) is 0 Å². The van der Waals surface area contributed by atoms with Crippen molar-refractivity contribution in [2.24, 2.45) is 0 Å². The molecule has 1 aliphatic carbocycles. The molecule has 1 fully saturated rings. The average Bonchev–Trinajstić information content (AvgIpc) is 2.63. The molecule has 1 aliphatic rings. The van der Waals surface area contributed by atoms with Crippen LogP contribution < -0.4 is 14.2 Å². The summed E-state index contributed by atoms with van der Waals surface area (Å²) < 4.78 is 51.8. The Morgan fingerprint density at radius 3 is 2.50 bits per heavy atom. The number of hydrogen-bond acceptors (Lipinski definition) is 6. The maximum absolute atomic E-state index is 13.7. The maximum Gasteiger partial charge on any atom is 0.243 e. The van der Waals surface area contributed by atoms with E-state index in [1.165, 1.54) is 37.7 Å². The fraction of sp³-hybridized carbons (Fsp3) is 0.412. The Hall–Kier alpha value is -2.26. The first kappa shape index (κ1) is 18.5. The average molecular weight is 381 g/mol. The Labute approximate surface area is 151 Å². The van der Waals surface area contributed by atoms with Crippen molar-refractivity contribution >= 4 is 10.0 Å². The van der Waals surface area contributed by atoms with Crippen LogP contribution in [-0.4, -0.2) is 37.6 Å². The molecule has 0 atom stereocenters. The first-order valence-electron chi connectivity index (χ1n) is 8.27. The molecule has 0 unspecified atom stereocenters. The summed E-state index contributed by atoms with van der Waals surface area (Å²) in [5, 5.41) is 0. The van der Waals surface area contributed by atoms with Crippen LogP contribution in [0.1, 0.15) is 25.7 Å². The molecule has 1 N–H and O–H groups in total. The van der Waals surface area contributed by atoms with Crippen molar-refractivity contribution in [1.29, 1.82) is 0 Å². The largest absolute Gasteiger partial charge is 0.480 e. The lowest BCUT2D eigenvalue weighted by atomic mass is 9.94. The second kappa shape index (κ2) is 7.96. The van der Waals surface area contributed by atoms with Crippen molar-refractivity contribution < 1.29 is 22.3 Å². The number of rotatable bonds is 6. The first-order chi connectivity index (χ1) is 12.5. The van der Waals surface area contributed by atoms with E-state index in [0.717, 1.165) is 6.07 Å². The summed E-state index contributed by atoms with van der Waals surface area (Å²) in [6.07, 6.45) is 5.42. The third-order valence-electron chi connectivity index (χ3n) is 4.21. The Kier molecular flexibility index (Phi) is 5.67. The molecule has 0 saturated heterocycles. The van der Waals surface area contributed by atoms with E-state index in [2.05, 4.69) is 14.7 Å². The molecule has 0 radical (unpaired) electrons. The minimum Gasteiger partial charge on any atom is -0.480 e. The predicted molar refractivity (Wildman–Crippen MR) is 92.0 cm³/mol. The zero-order chi connectivity index (χ0) is 18.6. The maximum atomic E-state index is 13.7. The van der Waals surface area contributed by atoms with Gasteiger partial charge in [0.1, 0.15) is 16.8 Å². The topological polar surface area (TPSA) is 90.4 Å². The molecule has 0 bridgehead atoms. The van der Waals surface area contributed by atoms with Gasteiger partial charge in [-0.25, -0.2) is 17.5 Å². The molecule has 26 heavy (non-hydrogen) atoms. The van der Waals surface area contributed by atoms with E-state index in [1.54, 1.807) is 0 Å². The molecule has 1 heterocycles. The standard InChI is InChI=1S/C17H20FN3O4S/c1-24-16-10-19-11-17(20-16)25-13-8-6-12(7-9-13)21-26(22,23)15-5-3-2-4-14(15)18/h2-5,10-13,21H,6-9H2,1H3. The summed E-state index contributed by atoms with van der Waals surface area (Å²) >= 11 is 0. The Bertz CT molecular complexity index is 855. The van der Waals surface area contributed by atoms with Gasteiger partial charge in [-0.05, 0) is 37.8 Å². The Balaban J connectivity index is 1.56. The molecule has 7 nitrogen and oxygen atoms in total. The van der Waals surface area contributed by atoms with E-state index < -0.39 is 15.8 Å². The van der Waals surface area contributed by atoms with Gasteiger partial charge in [-0.2, -0.15) is 4.98 Å². The Morgan fingerprint density at radius 2 is 1.81 bits per heavy atom. The van der Waals surface area contributed by atoms with Crippen molar-refractivity contribution in [3.63, 3.8) is 0 Å². The van der Waals surface area contributed by atoms with E-state index in [-0.39, 0.29) is 17.0 Å². The molecule has 3 rings (SSSR count). The summed E-state index contributed by atoms with van der Waals surface area (Å²) in [6.45, 7) is 0. The van der Waals surface area contributed by atoms with Gasteiger partial charge < -0.3 is 9.47 Å². The zero-order valence-electron chi connectivity index (χ0n) is 14.3. The number of halogens is 1. The second-order valence-electron chi connectivity index (χ2n) is 6.04. The molecule has 2 aromatic rings. The fourth-order valence-corrected chi connectivity index (χ4v) is 4.29. The van der Waals surface area contributed by atoms with Crippen LogP contribution in [0, 0.1) is 5.82 Å². The van der Waals surface area contributed by atoms with Crippen LogP contribution in [-0.2, 0) is 10.0 Å². The van der Waals surface area contributed by atoms with E-state index in [9.17, 15) is 12.8 Å². The SMILES string of the molecule is COc1cncc(OC2CCC(NS(=O)(=O)c3ccccc3F)CC2)n1. The number of benzene rings is 1. The monoisotopic (exact) mass is 381 g/mol. The summed E-state index contributed by atoms with van der Waals surface area (Å²) in [4.78, 5) is 7.81. The number of aromatic nitrogens is 2. The van der Waals surface area contributed by atoms with Crippen LogP contribution in [0.25, 0.3) is 0 Å². The van der Waals surface area contributed by atoms with Crippen LogP contribution in [0.4, 0.5) is 4.39 Å². The van der Waals surface area contributed by atoms with Crippen molar-refractivity contribution in [3.05, 3.63) is 42.5 Å². The van der Waals surface area contributed by atoms with Gasteiger partial charge in [0, 0.05) is 6.04 Å². The molecule has 9 heteroatoms. The van der Waals surface area contributed by atoms with Crippen LogP contribution in [0.15, 0.2) is 41.6 Å². The van der Waals surface area contributed by atoms with Gasteiger partial charge in [-0.1, -0.05) is 12.1 Å². The molecule has 1 aromatic heterocycles. The van der Waals surface area contributed by atoms with E-state index in [0.29, 0.717) is 37.4 Å². The number of sulfonamides is 1. The quantitative estimate of drug-likeness (QED) is 0.826. The van der Waals surface area contributed by atoms with Crippen LogP contribution in [0.2, 0.25) is 0 Å². The van der Waals surface area contributed by atoms with E-state index in [1.807, 2.05) is 0 Å². The van der Waals surface area contributed by atoms with Gasteiger partial charge in [-0.3, -0.25) is 4.98 Å². The van der Waals surface area contributed by atoms with Crippen LogP contribution >= 0.6 is 0 Å². The number of hydrogen-bond donors (Lipinski definition) is 1. The number of nitrogens with one attached hydrogen (secondary N) is 1. The lowest BCUT2D eigenvalue weighted by molar-refractivity contribution is 0.136. The summed E-state index contributed by atoms with van der Waals surface area (Å²) in [7, 11) is -2.38. The molecule has 1 aromatic carbocycles. The van der Waals surface area contributed by atoms with Gasteiger partial charge >= 0.3 is 0 Å². The summed E-state index contributed by atoms with van der Waals surface area (Å²) in [5.74, 6) is -0.0119. The minimum absolute atomic E-state index is 0.0781. The smallest absolute Gasteiger partial charge is 0.243 e. The molecule has 1 saturated carbocycles. The van der Waals surface area contributed by atoms with Gasteiger partial charge in [-0.15, -0.1) is 0 Å². The van der Waals surface area contributed by atoms with E-state index in [4.69, 9.17) is 9.47 Å². The van der Waals surface area contributed by atoms with Crippen molar-refractivity contribution in [2.45, 2.75) is 42.7 Å². The highest BCUT2D eigenvalue weighted by Crippen LogP contribution is 2.25. The second-order valence-corrected chi connectivity index (χ2v) is 7.73. The molecular weight excluding hydrogens is 361 g/mol. The third kappa shape index (κ3) is 4.47. The highest BCUT2D eigenvalue weighted by molar-refractivity contribution is 7.89. The van der Waals surface area contributed by atoms with Gasteiger partial charge in [0.2, 0.25) is 21.8 Å². The summed E-state index contributed by atoms with van der Waals surface area (Å²) in [5.41, 5.74) is 0. The van der Waals surface area contributed by atoms with E-state index >= 15 is 0 Å². The minimum atomic E-state index is -3.88. The molecular formula is C17H20FN3O4S. The lowest BCUT2D eigenvalue weighted by Crippen LogP contribution is -2.40. The highest BCUT2D eigenvalue weighted by atomic mass is 32.2. The van der Waals surface area contributed by atoms with Crippen molar-refractivity contribution in [1.82, 2.24) is 14.7 Å². The first-order valence-corrected chi connectivity index (χ1v) is 9.76. The normalized spacial score (nSPS) is 20.5. The third-order valence-corrected chi connectivity index (χ3v) is 5.76. The Morgan fingerprint density at radius 1 is 1.12 bits per heavy atom. The predicted octanol–water partition coefficient (Wildman–Crippen LogP) is 2.29. The molecule has 0 aliphatic heterocycles. The number of methoxy groups -OCH3 is 1. The number of nitrogens with zero attached hydrogens (tertiary/aromatic N) is 2. The summed E-state index contributed by atoms with van der Waals surface area (Å²) in [6, 6.07) is 5.09. The molecule has 0 spiro atoms. The molecule has 0 amide bonds. The highest BCUT2D eigenvalue weighted by Gasteiger charge is 2.28. The van der Waals surface area contributed by atoms with Crippen molar-refractivity contribution in [3.8, 4) is 11.8 Å². The van der Waals surface area contributed by atoms with Crippen LogP contribution in [0.5, 0.6) is 11.8 Å².